The van der Waals surface area contributed by atoms with Gasteiger partial charge in [0.05, 0.1) is 0 Å². The zero-order valence-corrected chi connectivity index (χ0v) is 8.24. The van der Waals surface area contributed by atoms with Gasteiger partial charge in [-0.2, -0.15) is 0 Å². The van der Waals surface area contributed by atoms with Crippen molar-refractivity contribution >= 4 is 24.8 Å². The van der Waals surface area contributed by atoms with Crippen molar-refractivity contribution in [1.82, 2.24) is 0 Å². The SMILES string of the molecule is F[B-](F)(F)F.O=C(O)C(=O)Nc1ccccc1. The van der Waals surface area contributed by atoms with Gasteiger partial charge in [-0.1, -0.05) is 18.2 Å². The summed E-state index contributed by atoms with van der Waals surface area (Å²) in [5, 5.41) is 10.4. The van der Waals surface area contributed by atoms with Crippen LogP contribution >= 0.6 is 0 Å². The molecule has 0 saturated carbocycles. The quantitative estimate of drug-likeness (QED) is 0.456. The highest BCUT2D eigenvalue weighted by Gasteiger charge is 2.20. The molecule has 1 aromatic carbocycles. The van der Waals surface area contributed by atoms with Crippen molar-refractivity contribution in [2.75, 3.05) is 5.32 Å². The molecule has 0 aliphatic carbocycles. The van der Waals surface area contributed by atoms with Gasteiger partial charge in [-0.05, 0) is 12.1 Å². The maximum atomic E-state index is 10.6. The van der Waals surface area contributed by atoms with Gasteiger partial charge >= 0.3 is 19.1 Å². The third kappa shape index (κ3) is 10.2. The Morgan fingerprint density at radius 2 is 1.47 bits per heavy atom. The maximum Gasteiger partial charge on any atom is 0.673 e. The predicted octanol–water partition coefficient (Wildman–Crippen LogP) is 2.01. The highest BCUT2D eigenvalue weighted by molar-refractivity contribution is 6.50. The Hall–Kier alpha value is -2.06. The number of carbonyl (C=O) groups is 2. The first-order chi connectivity index (χ1) is 7.70. The summed E-state index contributed by atoms with van der Waals surface area (Å²) >= 11 is 0. The number of hydrogen-bond acceptors (Lipinski definition) is 2. The Bertz CT molecular complexity index is 376. The fourth-order valence-electron chi connectivity index (χ4n) is 0.706. The Morgan fingerprint density at radius 3 is 1.82 bits per heavy atom. The Labute approximate surface area is 93.4 Å². The van der Waals surface area contributed by atoms with Crippen LogP contribution in [0.3, 0.4) is 0 Å². The molecule has 0 fully saturated rings. The second-order valence-electron chi connectivity index (χ2n) is 2.62. The van der Waals surface area contributed by atoms with Crippen LogP contribution in [0.25, 0.3) is 0 Å². The first kappa shape index (κ1) is 14.9. The fourth-order valence-corrected chi connectivity index (χ4v) is 0.706. The highest BCUT2D eigenvalue weighted by atomic mass is 19.5. The number of anilines is 1. The van der Waals surface area contributed by atoms with Crippen molar-refractivity contribution in [3.63, 3.8) is 0 Å². The molecule has 0 aliphatic heterocycles. The molecule has 0 atom stereocenters. The number of benzene rings is 1. The number of halogens is 4. The van der Waals surface area contributed by atoms with Crippen molar-refractivity contribution < 1.29 is 32.0 Å². The first-order valence-electron chi connectivity index (χ1n) is 4.17. The molecule has 94 valence electrons. The standard InChI is InChI=1S/C8H7NO3.BF4/c10-7(8(11)12)9-6-4-2-1-3-5-6;2-1(3,4)5/h1-5H,(H,9,10)(H,11,12);/q;-1. The van der Waals surface area contributed by atoms with E-state index in [2.05, 4.69) is 5.32 Å². The van der Waals surface area contributed by atoms with E-state index in [9.17, 15) is 26.9 Å². The number of hydrogen-bond donors (Lipinski definition) is 2. The summed E-state index contributed by atoms with van der Waals surface area (Å²) in [5.74, 6) is -2.51. The van der Waals surface area contributed by atoms with E-state index in [0.717, 1.165) is 0 Å². The van der Waals surface area contributed by atoms with E-state index in [1.54, 1.807) is 30.3 Å². The van der Waals surface area contributed by atoms with Crippen LogP contribution in [0.5, 0.6) is 0 Å². The maximum absolute atomic E-state index is 10.6. The van der Waals surface area contributed by atoms with Gasteiger partial charge in [0.15, 0.2) is 0 Å². The Balaban J connectivity index is 0.000000437. The lowest BCUT2D eigenvalue weighted by Gasteiger charge is -1.99. The smallest absolute Gasteiger partial charge is 0.474 e. The van der Waals surface area contributed by atoms with Crippen LogP contribution in [-0.4, -0.2) is 24.2 Å². The van der Waals surface area contributed by atoms with Gasteiger partial charge in [0, 0.05) is 5.69 Å². The van der Waals surface area contributed by atoms with Gasteiger partial charge in [0.25, 0.3) is 0 Å². The number of rotatable bonds is 1. The van der Waals surface area contributed by atoms with Crippen molar-refractivity contribution in [2.24, 2.45) is 0 Å². The molecule has 0 heterocycles. The molecule has 0 saturated heterocycles. The van der Waals surface area contributed by atoms with E-state index in [1.165, 1.54) is 0 Å². The van der Waals surface area contributed by atoms with Gasteiger partial charge in [-0.15, -0.1) is 0 Å². The van der Waals surface area contributed by atoms with E-state index in [4.69, 9.17) is 5.11 Å². The Morgan fingerprint density at radius 1 is 1.06 bits per heavy atom. The zero-order chi connectivity index (χ0) is 13.5. The average molecular weight is 252 g/mol. The summed E-state index contributed by atoms with van der Waals surface area (Å²) in [6.07, 6.45) is 0. The van der Waals surface area contributed by atoms with E-state index >= 15 is 0 Å². The van der Waals surface area contributed by atoms with Crippen LogP contribution in [0.15, 0.2) is 30.3 Å². The third-order valence-electron chi connectivity index (χ3n) is 1.23. The van der Waals surface area contributed by atoms with Gasteiger partial charge in [-0.25, -0.2) is 4.79 Å². The molecule has 17 heavy (non-hydrogen) atoms. The monoisotopic (exact) mass is 252 g/mol. The molecule has 0 aromatic heterocycles. The minimum atomic E-state index is -6.00. The molecule has 2 N–H and O–H groups in total. The third-order valence-corrected chi connectivity index (χ3v) is 1.23. The number of carboxylic acids is 1. The highest BCUT2D eigenvalue weighted by Crippen LogP contribution is 2.06. The van der Waals surface area contributed by atoms with E-state index in [0.29, 0.717) is 5.69 Å². The molecular weight excluding hydrogens is 245 g/mol. The van der Waals surface area contributed by atoms with Crippen LogP contribution < -0.4 is 5.32 Å². The second-order valence-corrected chi connectivity index (χ2v) is 2.62. The molecule has 1 rings (SSSR count). The average Bonchev–Trinajstić information content (AvgIpc) is 2.16. The van der Waals surface area contributed by atoms with Crippen molar-refractivity contribution in [1.29, 1.82) is 0 Å². The molecule has 1 amide bonds. The molecule has 0 aliphatic rings. The Kier molecular flexibility index (Phi) is 5.72. The number of nitrogens with one attached hydrogen (secondary N) is 1. The number of amides is 1. The molecule has 9 heteroatoms. The predicted molar refractivity (Wildman–Crippen MR) is 52.9 cm³/mol. The van der Waals surface area contributed by atoms with Crippen LogP contribution in [0, 0.1) is 0 Å². The van der Waals surface area contributed by atoms with E-state index in [-0.39, 0.29) is 0 Å². The summed E-state index contributed by atoms with van der Waals surface area (Å²) in [4.78, 5) is 20.7. The number of carboxylic acid groups (broad SMARTS) is 1. The van der Waals surface area contributed by atoms with Gasteiger partial charge in [-0.3, -0.25) is 4.79 Å². The molecule has 0 bridgehead atoms. The lowest BCUT2D eigenvalue weighted by atomic mass is 10.3. The number of para-hydroxylation sites is 1. The van der Waals surface area contributed by atoms with Crippen LogP contribution in [0.1, 0.15) is 0 Å². The largest absolute Gasteiger partial charge is 0.673 e. The first-order valence-corrected chi connectivity index (χ1v) is 4.17. The minimum absolute atomic E-state index is 0.477. The molecular formula is C8H7BF4NO3-. The van der Waals surface area contributed by atoms with Crippen molar-refractivity contribution in [3.05, 3.63) is 30.3 Å². The van der Waals surface area contributed by atoms with Gasteiger partial charge in [0.2, 0.25) is 0 Å². The molecule has 0 unspecified atom stereocenters. The molecule has 0 spiro atoms. The molecule has 1 aromatic rings. The summed E-state index contributed by atoms with van der Waals surface area (Å²) < 4.78 is 39.0. The summed E-state index contributed by atoms with van der Waals surface area (Å²) in [6.45, 7) is 0. The van der Waals surface area contributed by atoms with Crippen LogP contribution in [0.4, 0.5) is 23.0 Å². The summed E-state index contributed by atoms with van der Waals surface area (Å²) in [6, 6.07) is 8.41. The van der Waals surface area contributed by atoms with Crippen LogP contribution in [0.2, 0.25) is 0 Å². The summed E-state index contributed by atoms with van der Waals surface area (Å²) in [5.41, 5.74) is 0.477. The normalized spacial score (nSPS) is 9.88. The topological polar surface area (TPSA) is 66.4 Å². The molecule has 0 radical (unpaired) electrons. The minimum Gasteiger partial charge on any atom is -0.474 e. The van der Waals surface area contributed by atoms with E-state index in [1.807, 2.05) is 0 Å². The number of aliphatic carboxylic acids is 1. The lowest BCUT2D eigenvalue weighted by Crippen LogP contribution is -2.21. The van der Waals surface area contributed by atoms with Gasteiger partial charge < -0.3 is 27.7 Å². The fraction of sp³-hybridized carbons (Fsp3) is 0. The second kappa shape index (κ2) is 6.51. The van der Waals surface area contributed by atoms with Crippen molar-refractivity contribution in [2.45, 2.75) is 0 Å². The van der Waals surface area contributed by atoms with Crippen molar-refractivity contribution in [3.8, 4) is 0 Å². The van der Waals surface area contributed by atoms with Crippen LogP contribution in [-0.2, 0) is 9.59 Å². The molecule has 4 nitrogen and oxygen atoms in total. The van der Waals surface area contributed by atoms with Gasteiger partial charge in [0.1, 0.15) is 0 Å². The summed E-state index contributed by atoms with van der Waals surface area (Å²) in [7, 11) is -6.00. The van der Waals surface area contributed by atoms with E-state index < -0.39 is 19.1 Å². The zero-order valence-electron chi connectivity index (χ0n) is 8.24. The number of carbonyl (C=O) groups excluding carboxylic acids is 1. The lowest BCUT2D eigenvalue weighted by molar-refractivity contribution is -0.147.